The Morgan fingerprint density at radius 1 is 0.810 bits per heavy atom. The molecule has 3 aromatic carbocycles. The molecule has 5 N–H and O–H groups in total. The fourth-order valence-corrected chi connectivity index (χ4v) is 9.52. The van der Waals surface area contributed by atoms with Crippen LogP contribution in [0.15, 0.2) is 85.3 Å². The van der Waals surface area contributed by atoms with Gasteiger partial charge >= 0.3 is 0 Å². The Hall–Kier alpha value is -6.36. The van der Waals surface area contributed by atoms with Crippen LogP contribution in [0.2, 0.25) is 0 Å². The minimum Gasteiger partial charge on any atom is -0.457 e. The maximum Gasteiger partial charge on any atom is 0.264 e. The zero-order chi connectivity index (χ0) is 43.3. The molecule has 0 bridgehead atoms. The Bertz CT molecular complexity index is 2440. The number of piperazine rings is 1. The number of aromatic nitrogens is 3. The van der Waals surface area contributed by atoms with Crippen molar-refractivity contribution in [3.8, 4) is 22.6 Å². The van der Waals surface area contributed by atoms with Gasteiger partial charge in [0.15, 0.2) is 0 Å². The van der Waals surface area contributed by atoms with Crippen LogP contribution in [0.5, 0.6) is 11.5 Å². The first-order valence-electron chi connectivity index (χ1n) is 22.1. The minimum atomic E-state index is -0.826. The lowest BCUT2D eigenvalue weighted by Gasteiger charge is -2.42. The summed E-state index contributed by atoms with van der Waals surface area (Å²) in [6.07, 6.45) is 9.27. The van der Waals surface area contributed by atoms with Gasteiger partial charge in [-0.3, -0.25) is 33.9 Å². The number of rotatable bonds is 15. The van der Waals surface area contributed by atoms with E-state index in [1.807, 2.05) is 42.5 Å². The van der Waals surface area contributed by atoms with Crippen LogP contribution in [0.1, 0.15) is 65.3 Å². The summed E-state index contributed by atoms with van der Waals surface area (Å²) in [7, 11) is 0. The van der Waals surface area contributed by atoms with Crippen molar-refractivity contribution in [2.45, 2.75) is 56.7 Å². The number of hydrogen-bond donors (Lipinski definition) is 4. The molecule has 3 fully saturated rings. The molecule has 1 aliphatic carbocycles. The van der Waals surface area contributed by atoms with E-state index in [0.717, 1.165) is 97.0 Å². The molecule has 2 saturated heterocycles. The molecule has 1 saturated carbocycles. The lowest BCUT2D eigenvalue weighted by Crippen LogP contribution is -2.52. The number of benzene rings is 3. The summed E-state index contributed by atoms with van der Waals surface area (Å²) in [5.74, 6) is 0.456. The van der Waals surface area contributed by atoms with E-state index in [2.05, 4.69) is 53.6 Å². The Balaban J connectivity index is 0.681. The molecule has 4 amide bonds. The molecule has 1 unspecified atom stereocenters. The minimum absolute atomic E-state index is 0.0797. The molecule has 0 spiro atoms. The third-order valence-electron chi connectivity index (χ3n) is 12.8. The largest absolute Gasteiger partial charge is 0.457 e. The van der Waals surface area contributed by atoms with Gasteiger partial charge in [0.25, 0.3) is 11.8 Å². The van der Waals surface area contributed by atoms with Crippen LogP contribution in [-0.2, 0) is 14.3 Å². The molecule has 2 aromatic heterocycles. The molecule has 5 aromatic rings. The van der Waals surface area contributed by atoms with Crippen molar-refractivity contribution < 1.29 is 28.7 Å². The van der Waals surface area contributed by atoms with Gasteiger partial charge < -0.3 is 35.7 Å². The maximum absolute atomic E-state index is 13.3. The molecular weight excluding hydrogens is 801 g/mol. The first-order valence-corrected chi connectivity index (χ1v) is 22.1. The van der Waals surface area contributed by atoms with Crippen molar-refractivity contribution in [3.05, 3.63) is 96.4 Å². The average Bonchev–Trinajstić information content (AvgIpc) is 3.83. The molecule has 0 radical (unpaired) electrons. The van der Waals surface area contributed by atoms with Crippen molar-refractivity contribution in [2.24, 2.45) is 0 Å². The third-order valence-corrected chi connectivity index (χ3v) is 12.8. The highest BCUT2D eigenvalue weighted by atomic mass is 16.5. The third kappa shape index (κ3) is 9.10. The Morgan fingerprint density at radius 3 is 2.35 bits per heavy atom. The summed E-state index contributed by atoms with van der Waals surface area (Å²) in [6, 6.07) is 22.8. The molecule has 16 heteroatoms. The fourth-order valence-electron chi connectivity index (χ4n) is 9.52. The van der Waals surface area contributed by atoms with Crippen LogP contribution < -0.4 is 26.4 Å². The lowest BCUT2D eigenvalue weighted by atomic mass is 9.89. The lowest BCUT2D eigenvalue weighted by molar-refractivity contribution is -0.126. The zero-order valence-electron chi connectivity index (χ0n) is 35.3. The summed E-state index contributed by atoms with van der Waals surface area (Å²) < 4.78 is 14.2. The fraction of sp³-hybridized carbons (Fsp3) is 0.404. The SMILES string of the molecule is Nc1ncnc2c1c(-c1ccc(Oc3ccccc3)cc1)cn2[C@H]1CC[C@@H](N2CCN(CCOCCNC(=O)CNc3cccc4c3C(=O)N(C3CCCNC3=O)C4=O)CC2)CC1. The molecule has 63 heavy (non-hydrogen) atoms. The number of hydrogen-bond acceptors (Lipinski definition) is 12. The number of nitrogen functional groups attached to an aromatic ring is 1. The van der Waals surface area contributed by atoms with Gasteiger partial charge in [0.05, 0.1) is 36.3 Å². The number of carbonyl (C=O) groups excluding carboxylic acids is 4. The summed E-state index contributed by atoms with van der Waals surface area (Å²) in [5, 5.41) is 9.48. The second kappa shape index (κ2) is 18.9. The van der Waals surface area contributed by atoms with Crippen molar-refractivity contribution in [1.82, 2.24) is 39.9 Å². The van der Waals surface area contributed by atoms with E-state index in [1.54, 1.807) is 24.5 Å². The highest BCUT2D eigenvalue weighted by Gasteiger charge is 2.44. The molecule has 328 valence electrons. The summed E-state index contributed by atoms with van der Waals surface area (Å²) in [5.41, 5.74) is 10.2. The second-order valence-corrected chi connectivity index (χ2v) is 16.7. The van der Waals surface area contributed by atoms with Crippen molar-refractivity contribution in [3.63, 3.8) is 0 Å². The molecule has 3 aliphatic heterocycles. The van der Waals surface area contributed by atoms with Gasteiger partial charge in [0.2, 0.25) is 11.8 Å². The van der Waals surface area contributed by atoms with Crippen LogP contribution in [-0.4, -0.2) is 131 Å². The van der Waals surface area contributed by atoms with E-state index in [-0.39, 0.29) is 29.5 Å². The number of amides is 4. The van der Waals surface area contributed by atoms with E-state index in [1.165, 1.54) is 0 Å². The molecule has 4 aliphatic rings. The van der Waals surface area contributed by atoms with E-state index in [9.17, 15) is 19.2 Å². The maximum atomic E-state index is 13.3. The number of nitrogens with zero attached hydrogens (tertiary/aromatic N) is 6. The number of carbonyl (C=O) groups is 4. The normalized spacial score (nSPS) is 20.7. The van der Waals surface area contributed by atoms with E-state index < -0.39 is 17.9 Å². The Morgan fingerprint density at radius 2 is 1.57 bits per heavy atom. The van der Waals surface area contributed by atoms with Gasteiger partial charge in [-0.2, -0.15) is 0 Å². The number of anilines is 2. The molecular formula is C47H54N10O6. The predicted molar refractivity (Wildman–Crippen MR) is 238 cm³/mol. The summed E-state index contributed by atoms with van der Waals surface area (Å²) in [4.78, 5) is 66.7. The van der Waals surface area contributed by atoms with E-state index >= 15 is 0 Å². The van der Waals surface area contributed by atoms with E-state index in [4.69, 9.17) is 20.2 Å². The molecule has 5 heterocycles. The predicted octanol–water partition coefficient (Wildman–Crippen LogP) is 4.69. The quantitative estimate of drug-likeness (QED) is 0.0842. The summed E-state index contributed by atoms with van der Waals surface area (Å²) >= 11 is 0. The van der Waals surface area contributed by atoms with Gasteiger partial charge in [-0.05, 0) is 80.5 Å². The topological polar surface area (TPSA) is 189 Å². The van der Waals surface area contributed by atoms with Crippen LogP contribution >= 0.6 is 0 Å². The van der Waals surface area contributed by atoms with Crippen molar-refractivity contribution in [2.75, 3.05) is 76.6 Å². The molecule has 16 nitrogen and oxygen atoms in total. The first kappa shape index (κ1) is 42.0. The molecule has 1 atom stereocenters. The smallest absolute Gasteiger partial charge is 0.264 e. The van der Waals surface area contributed by atoms with Crippen LogP contribution in [0.25, 0.3) is 22.2 Å². The Kier molecular flexibility index (Phi) is 12.6. The van der Waals surface area contributed by atoms with Gasteiger partial charge in [-0.15, -0.1) is 0 Å². The van der Waals surface area contributed by atoms with Crippen LogP contribution in [0.3, 0.4) is 0 Å². The standard InChI is InChI=1S/C47H54N10O6/c48-43-42-37(31-11-17-35(18-12-31)63-34-6-2-1-3-7-34)29-56(44(42)53-30-52-43)33-15-13-32(14-16-33)55-23-21-54(22-24-55)25-27-62-26-20-49-40(58)28-51-38-9-4-8-36-41(38)47(61)57(46(36)60)39-10-5-19-50-45(39)59/h1-4,6-9,11-12,17-18,29-30,32-33,39,51H,5,10,13-16,19-28H2,(H,49,58)(H,50,59)(H2,48,52,53)/t32-,33+,39?. The van der Waals surface area contributed by atoms with Gasteiger partial charge in [0.1, 0.15) is 35.3 Å². The number of nitrogens with two attached hydrogens (primary N) is 1. The second-order valence-electron chi connectivity index (χ2n) is 16.7. The van der Waals surface area contributed by atoms with Crippen LogP contribution in [0, 0.1) is 0 Å². The van der Waals surface area contributed by atoms with Crippen molar-refractivity contribution >= 4 is 46.2 Å². The average molecular weight is 855 g/mol. The first-order chi connectivity index (χ1) is 30.8. The van der Waals surface area contributed by atoms with Gasteiger partial charge in [-0.25, -0.2) is 9.97 Å². The molecule has 9 rings (SSSR count). The van der Waals surface area contributed by atoms with Gasteiger partial charge in [-0.1, -0.05) is 36.4 Å². The number of nitrogens with one attached hydrogen (secondary N) is 3. The zero-order valence-corrected chi connectivity index (χ0v) is 35.3. The Labute approximate surface area is 366 Å². The number of imide groups is 1. The number of piperidine rings is 1. The highest BCUT2D eigenvalue weighted by Crippen LogP contribution is 2.40. The summed E-state index contributed by atoms with van der Waals surface area (Å²) in [6.45, 7) is 6.63. The monoisotopic (exact) mass is 854 g/mol. The van der Waals surface area contributed by atoms with Crippen molar-refractivity contribution in [1.29, 1.82) is 0 Å². The van der Waals surface area contributed by atoms with E-state index in [0.29, 0.717) is 62.7 Å². The number of ether oxygens (including phenoxy) is 2. The number of fused-ring (bicyclic) bond motifs is 2. The van der Waals surface area contributed by atoms with Gasteiger partial charge in [0, 0.05) is 75.3 Å². The number of para-hydroxylation sites is 1. The van der Waals surface area contributed by atoms with Crippen LogP contribution in [0.4, 0.5) is 11.5 Å². The highest BCUT2D eigenvalue weighted by molar-refractivity contribution is 6.25.